The molecule has 0 amide bonds. The smallest absolute Gasteiger partial charge is 0.225 e. The average Bonchev–Trinajstić information content (AvgIpc) is 3.54. The van der Waals surface area contributed by atoms with E-state index in [1.54, 1.807) is 24.5 Å². The van der Waals surface area contributed by atoms with Crippen LogP contribution in [0.15, 0.2) is 42.7 Å². The monoisotopic (exact) mass is 412 g/mol. The van der Waals surface area contributed by atoms with E-state index >= 15 is 0 Å². The molecule has 1 aliphatic carbocycles. The van der Waals surface area contributed by atoms with E-state index in [4.69, 9.17) is 17.3 Å². The van der Waals surface area contributed by atoms with Gasteiger partial charge in [-0.05, 0) is 43.3 Å². The van der Waals surface area contributed by atoms with Gasteiger partial charge in [-0.1, -0.05) is 12.1 Å². The Hall–Kier alpha value is -2.65. The lowest BCUT2D eigenvalue weighted by molar-refractivity contribution is -0.924. The lowest BCUT2D eigenvalue weighted by atomic mass is 10.2. The Morgan fingerprint density at radius 1 is 1.07 bits per heavy atom. The predicted octanol–water partition coefficient (Wildman–Crippen LogP) is 1.71. The summed E-state index contributed by atoms with van der Waals surface area (Å²) in [4.78, 5) is 12.3. The highest BCUT2D eigenvalue weighted by Gasteiger charge is 2.31. The summed E-state index contributed by atoms with van der Waals surface area (Å²) in [6, 6.07) is 8.97. The van der Waals surface area contributed by atoms with Crippen LogP contribution in [0.5, 0.6) is 0 Å². The molecule has 1 aromatic carbocycles. The molecule has 0 spiro atoms. The van der Waals surface area contributed by atoms with Crippen molar-refractivity contribution in [1.82, 2.24) is 24.3 Å². The topological polar surface area (TPSA) is 56.2 Å². The van der Waals surface area contributed by atoms with Crippen molar-refractivity contribution in [1.29, 1.82) is 0 Å². The molecule has 150 valence electrons. The number of rotatable bonds is 5. The van der Waals surface area contributed by atoms with Crippen LogP contribution in [0.4, 0.5) is 10.3 Å². The zero-order valence-corrected chi connectivity index (χ0v) is 16.9. The number of hydrogen-bond acceptors (Lipinski definition) is 5. The quantitative estimate of drug-likeness (QED) is 0.647. The summed E-state index contributed by atoms with van der Waals surface area (Å²) in [6.07, 6.45) is 5.69. The van der Waals surface area contributed by atoms with Gasteiger partial charge in [-0.15, -0.1) is 5.10 Å². The van der Waals surface area contributed by atoms with Gasteiger partial charge in [-0.2, -0.15) is 4.68 Å². The number of nitrogens with zero attached hydrogens (tertiary/aromatic N) is 6. The minimum Gasteiger partial charge on any atom is -0.330 e. The molecule has 1 N–H and O–H groups in total. The molecule has 2 fully saturated rings. The minimum atomic E-state index is -0.259. The highest BCUT2D eigenvalue weighted by atomic mass is 32.1. The first kappa shape index (κ1) is 18.4. The molecule has 2 aromatic heterocycles. The maximum absolute atomic E-state index is 14.4. The van der Waals surface area contributed by atoms with Crippen LogP contribution in [-0.4, -0.2) is 50.5 Å². The van der Waals surface area contributed by atoms with E-state index in [2.05, 4.69) is 14.9 Å². The van der Waals surface area contributed by atoms with Gasteiger partial charge in [0.15, 0.2) is 12.5 Å². The summed E-state index contributed by atoms with van der Waals surface area (Å²) in [5, 5.41) is 4.75. The lowest BCUT2D eigenvalue weighted by Gasteiger charge is -2.31. The van der Waals surface area contributed by atoms with Gasteiger partial charge in [-0.25, -0.2) is 14.4 Å². The molecule has 0 bridgehead atoms. The maximum Gasteiger partial charge on any atom is 0.225 e. The molecule has 5 rings (SSSR count). The van der Waals surface area contributed by atoms with Gasteiger partial charge in [0.1, 0.15) is 5.82 Å². The number of hydrogen-bond donors (Lipinski definition) is 1. The Labute approximate surface area is 173 Å². The van der Waals surface area contributed by atoms with Crippen molar-refractivity contribution in [2.75, 3.05) is 31.1 Å². The number of halogens is 1. The predicted molar refractivity (Wildman–Crippen MR) is 110 cm³/mol. The molecule has 0 atom stereocenters. The summed E-state index contributed by atoms with van der Waals surface area (Å²) in [7, 11) is 0. The molecule has 0 radical (unpaired) electrons. The van der Waals surface area contributed by atoms with Crippen molar-refractivity contribution >= 4 is 18.2 Å². The third-order valence-corrected chi connectivity index (χ3v) is 5.98. The molecule has 3 aromatic rings. The van der Waals surface area contributed by atoms with Gasteiger partial charge in [0.05, 0.1) is 31.7 Å². The molecule has 0 unspecified atom stereocenters. The van der Waals surface area contributed by atoms with Gasteiger partial charge >= 0.3 is 0 Å². The SMILES string of the molecule is Fc1ccccc1-c1nn(C[NH+]2CCN(c3ncccn3)CC2)c(=S)n1C1CC1. The molecule has 1 aliphatic heterocycles. The highest BCUT2D eigenvalue weighted by molar-refractivity contribution is 7.71. The Balaban J connectivity index is 1.35. The summed E-state index contributed by atoms with van der Waals surface area (Å²) in [5.41, 5.74) is 0.519. The number of benzene rings is 1. The van der Waals surface area contributed by atoms with Gasteiger partial charge in [0.25, 0.3) is 0 Å². The Morgan fingerprint density at radius 3 is 2.48 bits per heavy atom. The van der Waals surface area contributed by atoms with E-state index in [0.717, 1.165) is 45.0 Å². The largest absolute Gasteiger partial charge is 0.330 e. The van der Waals surface area contributed by atoms with Gasteiger partial charge in [-0.3, -0.25) is 4.57 Å². The molecule has 3 heterocycles. The van der Waals surface area contributed by atoms with Crippen LogP contribution in [-0.2, 0) is 6.67 Å². The average molecular weight is 413 g/mol. The fourth-order valence-electron chi connectivity index (χ4n) is 3.86. The highest BCUT2D eigenvalue weighted by Crippen LogP contribution is 2.38. The number of nitrogens with one attached hydrogen (secondary N) is 1. The van der Waals surface area contributed by atoms with Crippen LogP contribution in [0.2, 0.25) is 0 Å². The van der Waals surface area contributed by atoms with Crippen LogP contribution in [0.25, 0.3) is 11.4 Å². The van der Waals surface area contributed by atoms with Crippen molar-refractivity contribution in [2.24, 2.45) is 0 Å². The van der Waals surface area contributed by atoms with Crippen molar-refractivity contribution in [3.8, 4) is 11.4 Å². The maximum atomic E-state index is 14.4. The standard InChI is InChI=1S/C20H22FN7S/c21-17-5-2-1-4-16(17)18-24-27(20(29)28(18)15-6-7-15)14-25-10-12-26(13-11-25)19-22-8-3-9-23-19/h1-5,8-9,15H,6-7,10-14H2/p+1. The van der Waals surface area contributed by atoms with E-state index in [1.165, 1.54) is 11.0 Å². The number of quaternary nitrogens is 1. The second-order valence-electron chi connectivity index (χ2n) is 7.63. The second kappa shape index (κ2) is 7.64. The first-order chi connectivity index (χ1) is 14.2. The van der Waals surface area contributed by atoms with Crippen LogP contribution in [0.1, 0.15) is 18.9 Å². The summed E-state index contributed by atoms with van der Waals surface area (Å²) >= 11 is 5.74. The number of aromatic nitrogens is 5. The Morgan fingerprint density at radius 2 is 1.79 bits per heavy atom. The van der Waals surface area contributed by atoms with Gasteiger partial charge in [0.2, 0.25) is 10.7 Å². The van der Waals surface area contributed by atoms with E-state index in [9.17, 15) is 4.39 Å². The summed E-state index contributed by atoms with van der Waals surface area (Å²) in [6.45, 7) is 4.35. The van der Waals surface area contributed by atoms with E-state index < -0.39 is 0 Å². The third-order valence-electron chi connectivity index (χ3n) is 5.58. The molecule has 1 saturated carbocycles. The number of anilines is 1. The first-order valence-electron chi connectivity index (χ1n) is 10.0. The zero-order valence-electron chi connectivity index (χ0n) is 16.0. The molecule has 7 nitrogen and oxygen atoms in total. The van der Waals surface area contributed by atoms with Crippen LogP contribution in [0.3, 0.4) is 0 Å². The van der Waals surface area contributed by atoms with Gasteiger partial charge in [0, 0.05) is 18.4 Å². The summed E-state index contributed by atoms with van der Waals surface area (Å²) in [5.74, 6) is 1.17. The molecular formula is C20H23FN7S+. The normalized spacial score (nSPS) is 17.6. The molecule has 1 saturated heterocycles. The fraction of sp³-hybridized carbons (Fsp3) is 0.400. The van der Waals surface area contributed by atoms with E-state index in [0.29, 0.717) is 28.9 Å². The van der Waals surface area contributed by atoms with E-state index in [1.807, 2.05) is 21.4 Å². The molecule has 29 heavy (non-hydrogen) atoms. The second-order valence-corrected chi connectivity index (χ2v) is 8.00. The van der Waals surface area contributed by atoms with Crippen molar-refractivity contribution in [3.63, 3.8) is 0 Å². The van der Waals surface area contributed by atoms with E-state index in [-0.39, 0.29) is 5.82 Å². The lowest BCUT2D eigenvalue weighted by Crippen LogP contribution is -3.14. The van der Waals surface area contributed by atoms with Crippen LogP contribution >= 0.6 is 12.2 Å². The Kier molecular flexibility index (Phi) is 4.84. The molecule has 2 aliphatic rings. The van der Waals surface area contributed by atoms with Crippen molar-refractivity contribution < 1.29 is 9.29 Å². The number of piperazine rings is 1. The third kappa shape index (κ3) is 3.67. The van der Waals surface area contributed by atoms with Crippen molar-refractivity contribution in [2.45, 2.75) is 25.6 Å². The Bertz CT molecular complexity index is 1050. The fourth-order valence-corrected chi connectivity index (χ4v) is 4.20. The van der Waals surface area contributed by atoms with Crippen LogP contribution < -0.4 is 9.80 Å². The summed E-state index contributed by atoms with van der Waals surface area (Å²) < 4.78 is 19.0. The zero-order chi connectivity index (χ0) is 19.8. The molecule has 9 heteroatoms. The minimum absolute atomic E-state index is 0.259. The molecular weight excluding hydrogens is 389 g/mol. The van der Waals surface area contributed by atoms with Gasteiger partial charge < -0.3 is 9.80 Å². The van der Waals surface area contributed by atoms with Crippen molar-refractivity contribution in [3.05, 3.63) is 53.3 Å². The first-order valence-corrected chi connectivity index (χ1v) is 10.4. The van der Waals surface area contributed by atoms with Crippen LogP contribution in [0, 0.1) is 10.6 Å².